The minimum Gasteiger partial charge on any atom is -0.393 e. The highest BCUT2D eigenvalue weighted by atomic mass is 16.6. The molecule has 0 bridgehead atoms. The Bertz CT molecular complexity index is 1040. The number of ether oxygens (including phenoxy) is 3. The highest BCUT2D eigenvalue weighted by Crippen LogP contribution is 2.55. The van der Waals surface area contributed by atoms with Crippen molar-refractivity contribution in [3.05, 3.63) is 23.1 Å². The Morgan fingerprint density at radius 1 is 1.26 bits per heavy atom. The Kier molecular flexibility index (Phi) is 6.72. The first-order chi connectivity index (χ1) is 16.7. The molecule has 3 aliphatic heterocycles. The van der Waals surface area contributed by atoms with Gasteiger partial charge in [0, 0.05) is 31.7 Å². The zero-order chi connectivity index (χ0) is 25.5. The van der Waals surface area contributed by atoms with Crippen LogP contribution >= 0.6 is 0 Å². The van der Waals surface area contributed by atoms with Crippen molar-refractivity contribution in [3.8, 4) is 0 Å². The molecule has 3 heterocycles. The summed E-state index contributed by atoms with van der Waals surface area (Å²) in [6, 6.07) is 0. The van der Waals surface area contributed by atoms with Gasteiger partial charge in [0.15, 0.2) is 0 Å². The summed E-state index contributed by atoms with van der Waals surface area (Å²) >= 11 is 0. The molecule has 0 unspecified atom stereocenters. The summed E-state index contributed by atoms with van der Waals surface area (Å²) < 4.78 is 16.6. The first kappa shape index (κ1) is 24.9. The van der Waals surface area contributed by atoms with E-state index < -0.39 is 35.5 Å². The second-order valence-electron chi connectivity index (χ2n) is 9.07. The van der Waals surface area contributed by atoms with E-state index in [0.29, 0.717) is 38.1 Å². The van der Waals surface area contributed by atoms with Gasteiger partial charge >= 0.3 is 12.2 Å². The lowest BCUT2D eigenvalue weighted by atomic mass is 9.61. The van der Waals surface area contributed by atoms with E-state index in [-0.39, 0.29) is 30.1 Å². The van der Waals surface area contributed by atoms with Crippen molar-refractivity contribution in [2.45, 2.75) is 46.1 Å². The highest BCUT2D eigenvalue weighted by molar-refractivity contribution is 6.08. The number of carbonyl (C=O) groups is 4. The third-order valence-corrected chi connectivity index (χ3v) is 7.39. The third kappa shape index (κ3) is 3.72. The van der Waals surface area contributed by atoms with Crippen molar-refractivity contribution in [1.82, 2.24) is 15.1 Å². The number of nitrogens with zero attached hydrogens (tertiary/aromatic N) is 3. The van der Waals surface area contributed by atoms with E-state index >= 15 is 0 Å². The number of imide groups is 1. The number of allylic oxidation sites excluding steroid dienone is 2. The maximum Gasteiger partial charge on any atom is 0.424 e. The molecule has 35 heavy (non-hydrogen) atoms. The minimum atomic E-state index is -1.28. The molecule has 190 valence electrons. The van der Waals surface area contributed by atoms with Crippen LogP contribution in [0.1, 0.15) is 40.5 Å². The first-order valence-electron chi connectivity index (χ1n) is 12.0. The van der Waals surface area contributed by atoms with Gasteiger partial charge in [0.25, 0.3) is 0 Å². The van der Waals surface area contributed by atoms with Crippen LogP contribution in [0.4, 0.5) is 9.59 Å². The zero-order valence-corrected chi connectivity index (χ0v) is 20.8. The number of hydrogen-bond acceptors (Lipinski definition) is 8. The van der Waals surface area contributed by atoms with Crippen LogP contribution in [0, 0.1) is 17.8 Å². The molecule has 0 radical (unpaired) electrons. The van der Waals surface area contributed by atoms with Gasteiger partial charge in [-0.25, -0.2) is 14.5 Å². The standard InChI is InChI=1S/C24H32N4O7/c1-6-13-14-9-10-15-16(19(30)26-18(15)29)17(14)24(4)21(25-11-12-33-5)35-23(32)28(24)20(13)34-22(31)27(7-2)8-3/h9,15-17H,6-8,10-12H2,1-5H3,(H,26,29,30)/t15-,16-,17+,24+/m1/s1. The Labute approximate surface area is 204 Å². The van der Waals surface area contributed by atoms with Gasteiger partial charge in [0.1, 0.15) is 5.54 Å². The third-order valence-electron chi connectivity index (χ3n) is 7.39. The van der Waals surface area contributed by atoms with Crippen molar-refractivity contribution in [1.29, 1.82) is 0 Å². The number of fused-ring (bicyclic) bond motifs is 5. The van der Waals surface area contributed by atoms with E-state index in [0.717, 1.165) is 5.57 Å². The summed E-state index contributed by atoms with van der Waals surface area (Å²) in [5.74, 6) is -2.39. The molecule has 0 aromatic heterocycles. The van der Waals surface area contributed by atoms with Crippen LogP contribution < -0.4 is 5.32 Å². The molecule has 4 amide bonds. The SMILES string of the molecule is CCC1=C(OC(=O)N(CC)CC)N2C(=O)OC(=NCCOC)[C@]2(C)[C@H]2C1=CC[C@H]1C(=O)NC(=O)[C@H]12. The fourth-order valence-electron chi connectivity index (χ4n) is 5.68. The fourth-order valence-corrected chi connectivity index (χ4v) is 5.68. The molecule has 0 aromatic rings. The van der Waals surface area contributed by atoms with E-state index in [4.69, 9.17) is 14.2 Å². The number of nitrogens with one attached hydrogen (secondary N) is 1. The Morgan fingerprint density at radius 2 is 1.97 bits per heavy atom. The molecular formula is C24H32N4O7. The molecule has 0 spiro atoms. The largest absolute Gasteiger partial charge is 0.424 e. The van der Waals surface area contributed by atoms with Crippen LogP contribution in [-0.4, -0.2) is 78.6 Å². The van der Waals surface area contributed by atoms with Gasteiger partial charge in [-0.15, -0.1) is 0 Å². The van der Waals surface area contributed by atoms with Crippen LogP contribution in [-0.2, 0) is 23.8 Å². The second-order valence-corrected chi connectivity index (χ2v) is 9.07. The molecule has 1 N–H and O–H groups in total. The average molecular weight is 489 g/mol. The van der Waals surface area contributed by atoms with Gasteiger partial charge in [-0.05, 0) is 39.2 Å². The first-order valence-corrected chi connectivity index (χ1v) is 12.0. The van der Waals surface area contributed by atoms with Crippen molar-refractivity contribution < 1.29 is 33.4 Å². The van der Waals surface area contributed by atoms with E-state index in [9.17, 15) is 19.2 Å². The molecule has 0 saturated carbocycles. The molecule has 4 atom stereocenters. The Hall–Kier alpha value is -3.21. The predicted octanol–water partition coefficient (Wildman–Crippen LogP) is 2.19. The lowest BCUT2D eigenvalue weighted by molar-refractivity contribution is -0.126. The number of aliphatic imine (C=N–C) groups is 1. The molecule has 2 saturated heterocycles. The normalized spacial score (nSPS) is 30.5. The average Bonchev–Trinajstić information content (AvgIpc) is 3.26. The molecule has 2 fully saturated rings. The molecule has 11 heteroatoms. The summed E-state index contributed by atoms with van der Waals surface area (Å²) in [7, 11) is 1.54. The van der Waals surface area contributed by atoms with Crippen molar-refractivity contribution in [2.75, 3.05) is 33.4 Å². The maximum absolute atomic E-state index is 13.3. The summed E-state index contributed by atoms with van der Waals surface area (Å²) in [4.78, 5) is 59.1. The lowest BCUT2D eigenvalue weighted by Gasteiger charge is -2.49. The molecule has 1 aliphatic carbocycles. The number of carbonyl (C=O) groups excluding carboxylic acids is 4. The quantitative estimate of drug-likeness (QED) is 0.430. The Balaban J connectivity index is 1.91. The van der Waals surface area contributed by atoms with E-state index in [2.05, 4.69) is 10.3 Å². The van der Waals surface area contributed by atoms with Gasteiger partial charge in [-0.1, -0.05) is 13.0 Å². The minimum absolute atomic E-state index is 0.0829. The van der Waals surface area contributed by atoms with Gasteiger partial charge < -0.3 is 19.1 Å². The van der Waals surface area contributed by atoms with Crippen LogP contribution in [0.3, 0.4) is 0 Å². The molecular weight excluding hydrogens is 456 g/mol. The van der Waals surface area contributed by atoms with Crippen LogP contribution in [0.5, 0.6) is 0 Å². The van der Waals surface area contributed by atoms with Crippen molar-refractivity contribution >= 4 is 29.9 Å². The second kappa shape index (κ2) is 9.44. The maximum atomic E-state index is 13.3. The summed E-state index contributed by atoms with van der Waals surface area (Å²) in [6.07, 6.45) is 1.40. The van der Waals surface area contributed by atoms with Gasteiger partial charge in [0.2, 0.25) is 23.6 Å². The molecule has 11 nitrogen and oxygen atoms in total. The van der Waals surface area contributed by atoms with E-state index in [1.54, 1.807) is 6.92 Å². The van der Waals surface area contributed by atoms with E-state index in [1.165, 1.54) is 16.9 Å². The number of hydrogen-bond donors (Lipinski definition) is 1. The van der Waals surface area contributed by atoms with Crippen LogP contribution in [0.25, 0.3) is 0 Å². The highest BCUT2D eigenvalue weighted by Gasteiger charge is 2.67. The predicted molar refractivity (Wildman–Crippen MR) is 124 cm³/mol. The van der Waals surface area contributed by atoms with Crippen molar-refractivity contribution in [2.24, 2.45) is 22.7 Å². The monoisotopic (exact) mass is 488 g/mol. The van der Waals surface area contributed by atoms with Crippen LogP contribution in [0.15, 0.2) is 28.1 Å². The van der Waals surface area contributed by atoms with Crippen LogP contribution in [0.2, 0.25) is 0 Å². The number of methoxy groups -OCH3 is 1. The zero-order valence-electron chi connectivity index (χ0n) is 20.8. The fraction of sp³-hybridized carbons (Fsp3) is 0.625. The Morgan fingerprint density at radius 3 is 2.60 bits per heavy atom. The molecule has 0 aromatic carbocycles. The number of rotatable bonds is 7. The summed E-state index contributed by atoms with van der Waals surface area (Å²) in [5, 5.41) is 2.45. The summed E-state index contributed by atoms with van der Waals surface area (Å²) in [6.45, 7) is 8.72. The van der Waals surface area contributed by atoms with Gasteiger partial charge in [-0.2, -0.15) is 0 Å². The van der Waals surface area contributed by atoms with Gasteiger partial charge in [-0.3, -0.25) is 19.9 Å². The smallest absolute Gasteiger partial charge is 0.393 e. The number of amides is 4. The van der Waals surface area contributed by atoms with Gasteiger partial charge in [0.05, 0.1) is 25.0 Å². The molecule has 4 aliphatic rings. The topological polar surface area (TPSA) is 127 Å². The number of cyclic esters (lactones) is 1. The molecule has 4 rings (SSSR count). The van der Waals surface area contributed by atoms with E-state index in [1.807, 2.05) is 26.8 Å². The lowest BCUT2D eigenvalue weighted by Crippen LogP contribution is -2.60. The van der Waals surface area contributed by atoms with Crippen molar-refractivity contribution in [3.63, 3.8) is 0 Å². The summed E-state index contributed by atoms with van der Waals surface area (Å²) in [5.41, 5.74) is 0.130.